The highest BCUT2D eigenvalue weighted by Gasteiger charge is 2.09. The first kappa shape index (κ1) is 9.53. The largest absolute Gasteiger partial charge is 0.476 e. The maximum Gasteiger partial charge on any atom is 0.356 e. The van der Waals surface area contributed by atoms with Crippen LogP contribution >= 0.6 is 11.3 Å². The van der Waals surface area contributed by atoms with Gasteiger partial charge in [0, 0.05) is 6.20 Å². The van der Waals surface area contributed by atoms with E-state index in [-0.39, 0.29) is 5.69 Å². The van der Waals surface area contributed by atoms with Crippen LogP contribution in [0.5, 0.6) is 0 Å². The second kappa shape index (κ2) is 3.62. The molecule has 7 heteroatoms. The van der Waals surface area contributed by atoms with Crippen molar-refractivity contribution in [1.82, 2.24) is 15.0 Å². The first-order chi connectivity index (χ1) is 7.16. The maximum absolute atomic E-state index is 10.7. The molecular formula is C8H6N4O2S. The average Bonchev–Trinajstić information content (AvgIpc) is 2.65. The minimum atomic E-state index is -1.11. The normalized spacial score (nSPS) is 10.1. The first-order valence-corrected chi connectivity index (χ1v) is 4.75. The molecule has 0 saturated carbocycles. The minimum Gasteiger partial charge on any atom is -0.476 e. The molecule has 3 N–H and O–H groups in total. The third-order valence-corrected chi connectivity index (χ3v) is 2.48. The Bertz CT molecular complexity index is 511. The van der Waals surface area contributed by atoms with Crippen molar-refractivity contribution in [2.24, 2.45) is 0 Å². The van der Waals surface area contributed by atoms with Crippen LogP contribution in [0.1, 0.15) is 10.5 Å². The summed E-state index contributed by atoms with van der Waals surface area (Å²) in [6.45, 7) is 0. The van der Waals surface area contributed by atoms with Gasteiger partial charge in [-0.25, -0.2) is 14.8 Å². The van der Waals surface area contributed by atoms with Gasteiger partial charge in [-0.2, -0.15) is 0 Å². The average molecular weight is 222 g/mol. The van der Waals surface area contributed by atoms with E-state index in [1.165, 1.54) is 29.9 Å². The Labute approximate surface area is 88.4 Å². The molecule has 0 aromatic carbocycles. The number of rotatable bonds is 2. The molecule has 15 heavy (non-hydrogen) atoms. The standard InChI is InChI=1S/C8H6N4O2S/c9-8-11-3-6(15-8)4-1-10-2-5(12-4)7(13)14/h1-3H,(H2,9,11)(H,13,14). The van der Waals surface area contributed by atoms with Gasteiger partial charge in [-0.05, 0) is 0 Å². The molecule has 0 bridgehead atoms. The number of carboxylic acids is 1. The van der Waals surface area contributed by atoms with Crippen LogP contribution in [0.15, 0.2) is 18.6 Å². The van der Waals surface area contributed by atoms with E-state index in [1.807, 2.05) is 0 Å². The van der Waals surface area contributed by atoms with Crippen LogP contribution in [0.2, 0.25) is 0 Å². The highest BCUT2D eigenvalue weighted by molar-refractivity contribution is 7.18. The van der Waals surface area contributed by atoms with Gasteiger partial charge in [-0.3, -0.25) is 4.98 Å². The monoisotopic (exact) mass is 222 g/mol. The highest BCUT2D eigenvalue weighted by Crippen LogP contribution is 2.24. The molecular weight excluding hydrogens is 216 g/mol. The summed E-state index contributed by atoms with van der Waals surface area (Å²) < 4.78 is 0. The summed E-state index contributed by atoms with van der Waals surface area (Å²) in [6, 6.07) is 0. The Morgan fingerprint density at radius 2 is 2.20 bits per heavy atom. The van der Waals surface area contributed by atoms with Crippen LogP contribution < -0.4 is 5.73 Å². The molecule has 0 aliphatic rings. The molecule has 2 aromatic heterocycles. The van der Waals surface area contributed by atoms with Crippen molar-refractivity contribution >= 4 is 22.4 Å². The molecule has 0 aliphatic carbocycles. The molecule has 0 amide bonds. The summed E-state index contributed by atoms with van der Waals surface area (Å²) in [4.78, 5) is 22.9. The van der Waals surface area contributed by atoms with Crippen molar-refractivity contribution in [3.05, 3.63) is 24.3 Å². The van der Waals surface area contributed by atoms with Crippen LogP contribution in [-0.2, 0) is 0 Å². The summed E-state index contributed by atoms with van der Waals surface area (Å²) in [5, 5.41) is 9.13. The zero-order valence-corrected chi connectivity index (χ0v) is 8.23. The molecule has 2 heterocycles. The maximum atomic E-state index is 10.7. The smallest absolute Gasteiger partial charge is 0.356 e. The van der Waals surface area contributed by atoms with Crippen LogP contribution in [0.25, 0.3) is 10.6 Å². The molecule has 0 unspecified atom stereocenters. The summed E-state index contributed by atoms with van der Waals surface area (Å²) in [5.41, 5.74) is 5.82. The SMILES string of the molecule is Nc1ncc(-c2cncc(C(=O)O)n2)s1. The van der Waals surface area contributed by atoms with Gasteiger partial charge in [0.25, 0.3) is 0 Å². The van der Waals surface area contributed by atoms with Gasteiger partial charge in [-0.15, -0.1) is 0 Å². The van der Waals surface area contributed by atoms with E-state index in [2.05, 4.69) is 15.0 Å². The van der Waals surface area contributed by atoms with Gasteiger partial charge in [0.1, 0.15) is 5.69 Å². The third kappa shape index (κ3) is 1.91. The van der Waals surface area contributed by atoms with Gasteiger partial charge >= 0.3 is 5.97 Å². The van der Waals surface area contributed by atoms with Gasteiger partial charge in [0.15, 0.2) is 10.8 Å². The zero-order chi connectivity index (χ0) is 10.8. The fourth-order valence-electron chi connectivity index (χ4n) is 0.994. The van der Waals surface area contributed by atoms with E-state index in [9.17, 15) is 4.79 Å². The Morgan fingerprint density at radius 1 is 1.40 bits per heavy atom. The Hall–Kier alpha value is -2.02. The molecule has 0 saturated heterocycles. The quantitative estimate of drug-likeness (QED) is 0.782. The highest BCUT2D eigenvalue weighted by atomic mass is 32.1. The van der Waals surface area contributed by atoms with E-state index in [0.29, 0.717) is 15.7 Å². The van der Waals surface area contributed by atoms with Crippen LogP contribution in [0.4, 0.5) is 5.13 Å². The third-order valence-electron chi connectivity index (χ3n) is 1.63. The predicted molar refractivity (Wildman–Crippen MR) is 54.5 cm³/mol. The minimum absolute atomic E-state index is 0.0977. The van der Waals surface area contributed by atoms with Gasteiger partial charge in [0.05, 0.1) is 17.3 Å². The van der Waals surface area contributed by atoms with Crippen molar-refractivity contribution in [1.29, 1.82) is 0 Å². The topological polar surface area (TPSA) is 102 Å². The number of hydrogen-bond donors (Lipinski definition) is 2. The first-order valence-electron chi connectivity index (χ1n) is 3.94. The molecule has 0 radical (unpaired) electrons. The lowest BCUT2D eigenvalue weighted by atomic mass is 10.3. The number of thiazole rings is 1. The fraction of sp³-hybridized carbons (Fsp3) is 0. The second-order valence-electron chi connectivity index (χ2n) is 2.66. The van der Waals surface area contributed by atoms with Crippen molar-refractivity contribution in [3.63, 3.8) is 0 Å². The number of nitrogens with zero attached hydrogens (tertiary/aromatic N) is 3. The predicted octanol–water partition coefficient (Wildman–Crippen LogP) is 0.881. The van der Waals surface area contributed by atoms with E-state index < -0.39 is 5.97 Å². The van der Waals surface area contributed by atoms with Crippen molar-refractivity contribution in [3.8, 4) is 10.6 Å². The molecule has 2 rings (SSSR count). The lowest BCUT2D eigenvalue weighted by Gasteiger charge is -1.96. The number of aromatic carboxylic acids is 1. The number of carbonyl (C=O) groups is 1. The summed E-state index contributed by atoms with van der Waals surface area (Å²) in [7, 11) is 0. The molecule has 76 valence electrons. The molecule has 0 aliphatic heterocycles. The van der Waals surface area contributed by atoms with Gasteiger partial charge < -0.3 is 10.8 Å². The van der Waals surface area contributed by atoms with E-state index in [0.717, 1.165) is 0 Å². The van der Waals surface area contributed by atoms with E-state index >= 15 is 0 Å². The Balaban J connectivity index is 2.45. The van der Waals surface area contributed by atoms with E-state index in [4.69, 9.17) is 10.8 Å². The summed E-state index contributed by atoms with van der Waals surface area (Å²) in [6.07, 6.45) is 4.20. The molecule has 2 aromatic rings. The van der Waals surface area contributed by atoms with Crippen LogP contribution in [0, 0.1) is 0 Å². The van der Waals surface area contributed by atoms with Crippen molar-refractivity contribution in [2.45, 2.75) is 0 Å². The van der Waals surface area contributed by atoms with Crippen LogP contribution in [-0.4, -0.2) is 26.0 Å². The molecule has 0 atom stereocenters. The molecule has 6 nitrogen and oxygen atoms in total. The van der Waals surface area contributed by atoms with Crippen molar-refractivity contribution < 1.29 is 9.90 Å². The lowest BCUT2D eigenvalue weighted by molar-refractivity contribution is 0.0690. The van der Waals surface area contributed by atoms with Gasteiger partial charge in [0.2, 0.25) is 0 Å². The summed E-state index contributed by atoms with van der Waals surface area (Å²) >= 11 is 1.23. The summed E-state index contributed by atoms with van der Waals surface area (Å²) in [5.74, 6) is -1.11. The number of nitrogen functional groups attached to an aromatic ring is 1. The zero-order valence-electron chi connectivity index (χ0n) is 7.41. The number of aromatic nitrogens is 3. The Kier molecular flexibility index (Phi) is 2.30. The fourth-order valence-corrected chi connectivity index (χ4v) is 1.63. The second-order valence-corrected chi connectivity index (χ2v) is 3.72. The van der Waals surface area contributed by atoms with Gasteiger partial charge in [-0.1, -0.05) is 11.3 Å². The lowest BCUT2D eigenvalue weighted by Crippen LogP contribution is -2.01. The number of hydrogen-bond acceptors (Lipinski definition) is 6. The Morgan fingerprint density at radius 3 is 2.80 bits per heavy atom. The number of anilines is 1. The molecule has 0 spiro atoms. The van der Waals surface area contributed by atoms with E-state index in [1.54, 1.807) is 0 Å². The number of nitrogens with two attached hydrogens (primary N) is 1. The van der Waals surface area contributed by atoms with Crippen LogP contribution in [0.3, 0.4) is 0 Å². The molecule has 0 fully saturated rings. The number of carboxylic acid groups (broad SMARTS) is 1. The van der Waals surface area contributed by atoms with Crippen molar-refractivity contribution in [2.75, 3.05) is 5.73 Å².